The van der Waals surface area contributed by atoms with E-state index < -0.39 is 0 Å². The van der Waals surface area contributed by atoms with Gasteiger partial charge in [0.25, 0.3) is 5.91 Å². The zero-order chi connectivity index (χ0) is 28.6. The molecule has 0 saturated carbocycles. The number of benzene rings is 3. The summed E-state index contributed by atoms with van der Waals surface area (Å²) < 4.78 is 11.8. The van der Waals surface area contributed by atoms with Crippen LogP contribution in [0.15, 0.2) is 82.0 Å². The molecule has 1 amide bonds. The number of ether oxygens (including phenoxy) is 1. The summed E-state index contributed by atoms with van der Waals surface area (Å²) in [4.78, 5) is 41.1. The molecule has 2 N–H and O–H groups in total. The molecule has 0 spiro atoms. The second-order valence-electron chi connectivity index (χ2n) is 9.90. The molecule has 0 aliphatic heterocycles. The molecule has 208 valence electrons. The van der Waals surface area contributed by atoms with E-state index in [1.54, 1.807) is 49.6 Å². The molecule has 4 rings (SSSR count). The summed E-state index contributed by atoms with van der Waals surface area (Å²) in [6.07, 6.45) is 2.05. The number of hydrogen-bond donors (Lipinski definition) is 1. The first-order chi connectivity index (χ1) is 19.4. The Morgan fingerprint density at radius 3 is 2.33 bits per heavy atom. The van der Waals surface area contributed by atoms with Gasteiger partial charge in [-0.1, -0.05) is 49.4 Å². The molecular weight excluding hydrogens is 504 g/mol. The molecule has 1 heterocycles. The molecule has 40 heavy (non-hydrogen) atoms. The third-order valence-electron chi connectivity index (χ3n) is 7.24. The van der Waals surface area contributed by atoms with Gasteiger partial charge in [-0.05, 0) is 56.1 Å². The number of hydrogen-bond acceptors (Lipinski definition) is 6. The number of fused-ring (bicyclic) bond motifs is 1. The maximum Gasteiger partial charge on any atom is 0.254 e. The van der Waals surface area contributed by atoms with Crippen LogP contribution >= 0.6 is 0 Å². The van der Waals surface area contributed by atoms with Crippen LogP contribution in [0.3, 0.4) is 0 Å². The van der Waals surface area contributed by atoms with Gasteiger partial charge in [0.2, 0.25) is 0 Å². The van der Waals surface area contributed by atoms with Gasteiger partial charge in [-0.15, -0.1) is 0 Å². The molecule has 0 fully saturated rings. The first-order valence-electron chi connectivity index (χ1n) is 13.6. The Bertz CT molecular complexity index is 1530. The summed E-state index contributed by atoms with van der Waals surface area (Å²) in [7, 11) is 1.57. The normalized spacial score (nSPS) is 11.8. The van der Waals surface area contributed by atoms with Gasteiger partial charge in [0.1, 0.15) is 17.1 Å². The highest BCUT2D eigenvalue weighted by Gasteiger charge is 2.27. The first-order valence-corrected chi connectivity index (χ1v) is 13.6. The minimum atomic E-state index is -0.243. The largest absolute Gasteiger partial charge is 0.497 e. The number of amides is 1. The van der Waals surface area contributed by atoms with Crippen molar-refractivity contribution in [1.82, 2.24) is 4.90 Å². The maximum absolute atomic E-state index is 13.8. The highest BCUT2D eigenvalue weighted by Crippen LogP contribution is 2.25. The van der Waals surface area contributed by atoms with Gasteiger partial charge in [-0.25, -0.2) is 0 Å². The summed E-state index contributed by atoms with van der Waals surface area (Å²) in [5, 5.41) is 0.491. The van der Waals surface area contributed by atoms with Crippen LogP contribution in [0.5, 0.6) is 5.75 Å². The number of methoxy groups -OCH3 is 1. The molecule has 0 aliphatic rings. The third-order valence-corrected chi connectivity index (χ3v) is 7.24. The molecule has 0 aliphatic carbocycles. The van der Waals surface area contributed by atoms with E-state index in [-0.39, 0.29) is 23.2 Å². The van der Waals surface area contributed by atoms with Gasteiger partial charge < -0.3 is 19.8 Å². The molecule has 3 aromatic carbocycles. The lowest BCUT2D eigenvalue weighted by molar-refractivity contribution is 0.0665. The zero-order valence-electron chi connectivity index (χ0n) is 23.3. The van der Waals surface area contributed by atoms with Crippen LogP contribution in [-0.4, -0.2) is 42.8 Å². The van der Waals surface area contributed by atoms with E-state index in [9.17, 15) is 14.4 Å². The van der Waals surface area contributed by atoms with Crippen molar-refractivity contribution in [2.45, 2.75) is 45.6 Å². The van der Waals surface area contributed by atoms with Gasteiger partial charge in [0.15, 0.2) is 11.2 Å². The van der Waals surface area contributed by atoms with Gasteiger partial charge >= 0.3 is 0 Å². The highest BCUT2D eigenvalue weighted by molar-refractivity contribution is 5.97. The molecular formula is C33H36N2O5. The fourth-order valence-corrected chi connectivity index (χ4v) is 4.94. The van der Waals surface area contributed by atoms with Gasteiger partial charge in [-0.3, -0.25) is 14.4 Å². The van der Waals surface area contributed by atoms with Crippen LogP contribution < -0.4 is 15.9 Å². The summed E-state index contributed by atoms with van der Waals surface area (Å²) >= 11 is 0. The van der Waals surface area contributed by atoms with E-state index in [0.29, 0.717) is 77.9 Å². The quantitative estimate of drug-likeness (QED) is 0.241. The number of carbonyl (C=O) groups excluding carboxylic acids is 2. The average Bonchev–Trinajstić information content (AvgIpc) is 2.98. The Balaban J connectivity index is 1.76. The number of carbonyl (C=O) groups is 2. The minimum Gasteiger partial charge on any atom is -0.497 e. The predicted octanol–water partition coefficient (Wildman–Crippen LogP) is 5.41. The molecule has 1 aromatic heterocycles. The van der Waals surface area contributed by atoms with Crippen LogP contribution in [0.4, 0.5) is 0 Å². The smallest absolute Gasteiger partial charge is 0.254 e. The Hall–Kier alpha value is -4.23. The van der Waals surface area contributed by atoms with E-state index >= 15 is 0 Å². The van der Waals surface area contributed by atoms with E-state index in [4.69, 9.17) is 14.9 Å². The fourth-order valence-electron chi connectivity index (χ4n) is 4.94. The van der Waals surface area contributed by atoms with Crippen molar-refractivity contribution in [2.75, 3.05) is 20.2 Å². The molecule has 4 aromatic rings. The van der Waals surface area contributed by atoms with Crippen molar-refractivity contribution in [3.8, 4) is 5.75 Å². The molecule has 7 nitrogen and oxygen atoms in total. The van der Waals surface area contributed by atoms with Crippen molar-refractivity contribution < 1.29 is 18.7 Å². The summed E-state index contributed by atoms with van der Waals surface area (Å²) in [6, 6.07) is 21.5. The number of nitrogens with zero attached hydrogens (tertiary/aromatic N) is 1. The lowest BCUT2D eigenvalue weighted by atomic mass is 9.96. The lowest BCUT2D eigenvalue weighted by Crippen LogP contribution is -2.43. The topological polar surface area (TPSA) is 103 Å². The van der Waals surface area contributed by atoms with Crippen LogP contribution in [0.25, 0.3) is 11.0 Å². The summed E-state index contributed by atoms with van der Waals surface area (Å²) in [5.74, 6) is 0.946. The predicted molar refractivity (Wildman–Crippen MR) is 157 cm³/mol. The Kier molecular flexibility index (Phi) is 9.51. The van der Waals surface area contributed by atoms with Crippen LogP contribution in [0.1, 0.15) is 64.3 Å². The second kappa shape index (κ2) is 13.2. The SMILES string of the molecule is CCC(Cc1oc2cc(OC)ccc2c(=O)c1Cc1ccccc1)N(CCCN)C(=O)c1ccc(C(C)=O)cc1. The Morgan fingerprint density at radius 2 is 1.70 bits per heavy atom. The molecule has 0 saturated heterocycles. The first kappa shape index (κ1) is 28.8. The molecule has 0 radical (unpaired) electrons. The molecule has 0 bridgehead atoms. The van der Waals surface area contributed by atoms with Crippen molar-refractivity contribution in [3.05, 3.63) is 111 Å². The minimum absolute atomic E-state index is 0.0562. The van der Waals surface area contributed by atoms with E-state index in [0.717, 1.165) is 5.56 Å². The maximum atomic E-state index is 13.8. The van der Waals surface area contributed by atoms with Crippen molar-refractivity contribution in [1.29, 1.82) is 0 Å². The molecule has 1 atom stereocenters. The number of ketones is 1. The number of Topliss-reactive ketones (excluding diaryl/α,β-unsaturated/α-hetero) is 1. The van der Waals surface area contributed by atoms with Gasteiger partial charge in [0, 0.05) is 48.2 Å². The Morgan fingerprint density at radius 1 is 1.00 bits per heavy atom. The Labute approximate surface area is 234 Å². The van der Waals surface area contributed by atoms with Crippen molar-refractivity contribution in [3.63, 3.8) is 0 Å². The second-order valence-corrected chi connectivity index (χ2v) is 9.90. The zero-order valence-corrected chi connectivity index (χ0v) is 23.3. The van der Waals surface area contributed by atoms with E-state index in [1.165, 1.54) is 6.92 Å². The van der Waals surface area contributed by atoms with Crippen LogP contribution in [0.2, 0.25) is 0 Å². The monoisotopic (exact) mass is 540 g/mol. The van der Waals surface area contributed by atoms with Crippen LogP contribution in [-0.2, 0) is 12.8 Å². The average molecular weight is 541 g/mol. The van der Waals surface area contributed by atoms with Gasteiger partial charge in [0.05, 0.1) is 12.5 Å². The van der Waals surface area contributed by atoms with Crippen LogP contribution in [0, 0.1) is 0 Å². The van der Waals surface area contributed by atoms with Gasteiger partial charge in [-0.2, -0.15) is 0 Å². The number of nitrogens with two attached hydrogens (primary N) is 1. The summed E-state index contributed by atoms with van der Waals surface area (Å²) in [6.45, 7) is 4.41. The highest BCUT2D eigenvalue weighted by atomic mass is 16.5. The van der Waals surface area contributed by atoms with E-state index in [2.05, 4.69) is 0 Å². The number of rotatable bonds is 12. The van der Waals surface area contributed by atoms with Crippen molar-refractivity contribution >= 4 is 22.7 Å². The summed E-state index contributed by atoms with van der Waals surface area (Å²) in [5.41, 5.74) is 8.83. The molecule has 1 unspecified atom stereocenters. The lowest BCUT2D eigenvalue weighted by Gasteiger charge is -2.31. The third kappa shape index (κ3) is 6.49. The fraction of sp³-hybridized carbons (Fsp3) is 0.303. The molecule has 7 heteroatoms. The standard InChI is InChI=1S/C33H36N2O5/c1-4-26(35(18-8-17-34)33(38)25-13-11-24(12-14-25)22(2)36)20-30-29(19-23-9-6-5-7-10-23)32(37)28-16-15-27(39-3)21-31(28)40-30/h5-7,9-16,21,26H,4,8,17-20,34H2,1-3H3. The van der Waals surface area contributed by atoms with Crippen molar-refractivity contribution in [2.24, 2.45) is 5.73 Å². The van der Waals surface area contributed by atoms with E-state index in [1.807, 2.05) is 42.2 Å².